The molecule has 26 heavy (non-hydrogen) atoms. The van der Waals surface area contributed by atoms with Gasteiger partial charge in [0.05, 0.1) is 30.1 Å². The molecule has 0 heterocycles. The van der Waals surface area contributed by atoms with Crippen LogP contribution in [0.4, 0.5) is 5.69 Å². The maximum absolute atomic E-state index is 12.0. The van der Waals surface area contributed by atoms with Crippen molar-refractivity contribution in [3.63, 3.8) is 0 Å². The molecule has 0 spiro atoms. The average Bonchev–Trinajstić information content (AvgIpc) is 2.63. The van der Waals surface area contributed by atoms with Crippen molar-refractivity contribution in [1.82, 2.24) is 5.32 Å². The van der Waals surface area contributed by atoms with E-state index in [9.17, 15) is 13.2 Å². The number of hydrogen-bond donors (Lipinski definition) is 1. The SMILES string of the molecule is CS(=O)(=O)N(CCNC(=O)CCc1ccccc1)c1ccc(C#N)cc1. The van der Waals surface area contributed by atoms with E-state index in [-0.39, 0.29) is 19.0 Å². The van der Waals surface area contributed by atoms with Gasteiger partial charge in [-0.25, -0.2) is 8.42 Å². The first kappa shape index (κ1) is 19.5. The molecular weight excluding hydrogens is 350 g/mol. The predicted molar refractivity (Wildman–Crippen MR) is 101 cm³/mol. The van der Waals surface area contributed by atoms with Crippen LogP contribution in [0.2, 0.25) is 0 Å². The summed E-state index contributed by atoms with van der Waals surface area (Å²) in [6.45, 7) is 0.336. The van der Waals surface area contributed by atoms with E-state index >= 15 is 0 Å². The van der Waals surface area contributed by atoms with Crippen molar-refractivity contribution in [3.8, 4) is 6.07 Å². The predicted octanol–water partition coefficient (Wildman–Crippen LogP) is 2.07. The van der Waals surface area contributed by atoms with Crippen LogP contribution in [-0.4, -0.2) is 33.7 Å². The van der Waals surface area contributed by atoms with Crippen LogP contribution in [0.15, 0.2) is 54.6 Å². The van der Waals surface area contributed by atoms with Gasteiger partial charge in [-0.15, -0.1) is 0 Å². The number of benzene rings is 2. The Bertz CT molecular complexity index is 872. The van der Waals surface area contributed by atoms with Crippen LogP contribution in [0, 0.1) is 11.3 Å². The number of hydrogen-bond acceptors (Lipinski definition) is 4. The lowest BCUT2D eigenvalue weighted by Gasteiger charge is -2.22. The van der Waals surface area contributed by atoms with Gasteiger partial charge in [0.15, 0.2) is 0 Å². The van der Waals surface area contributed by atoms with Crippen LogP contribution < -0.4 is 9.62 Å². The molecule has 0 bridgehead atoms. The molecule has 6 nitrogen and oxygen atoms in total. The second-order valence-corrected chi connectivity index (χ2v) is 7.74. The van der Waals surface area contributed by atoms with Crippen LogP contribution >= 0.6 is 0 Å². The van der Waals surface area contributed by atoms with E-state index in [4.69, 9.17) is 5.26 Å². The maximum Gasteiger partial charge on any atom is 0.232 e. The summed E-state index contributed by atoms with van der Waals surface area (Å²) in [7, 11) is -3.49. The number of amides is 1. The topological polar surface area (TPSA) is 90.3 Å². The standard InChI is InChI=1S/C19H21N3O3S/c1-26(24,25)22(18-10-7-17(15-20)8-11-18)14-13-21-19(23)12-9-16-5-3-2-4-6-16/h2-8,10-11H,9,12-14H2,1H3,(H,21,23). The zero-order valence-electron chi connectivity index (χ0n) is 14.6. The first-order valence-electron chi connectivity index (χ1n) is 8.18. The third kappa shape index (κ3) is 5.90. The van der Waals surface area contributed by atoms with Gasteiger partial charge in [-0.2, -0.15) is 5.26 Å². The van der Waals surface area contributed by atoms with Crippen molar-refractivity contribution in [1.29, 1.82) is 5.26 Å². The number of sulfonamides is 1. The first-order valence-corrected chi connectivity index (χ1v) is 10.0. The molecular formula is C19H21N3O3S. The number of anilines is 1. The zero-order valence-corrected chi connectivity index (χ0v) is 15.4. The van der Waals surface area contributed by atoms with Gasteiger partial charge in [-0.05, 0) is 36.2 Å². The highest BCUT2D eigenvalue weighted by Crippen LogP contribution is 2.17. The molecule has 0 unspecified atom stereocenters. The Morgan fingerprint density at radius 1 is 1.12 bits per heavy atom. The molecule has 2 aromatic rings. The molecule has 0 radical (unpaired) electrons. The second-order valence-electron chi connectivity index (χ2n) is 5.83. The van der Waals surface area contributed by atoms with E-state index in [1.165, 1.54) is 4.31 Å². The summed E-state index contributed by atoms with van der Waals surface area (Å²) in [5, 5.41) is 11.6. The van der Waals surface area contributed by atoms with E-state index in [0.717, 1.165) is 11.8 Å². The molecule has 2 rings (SSSR count). The van der Waals surface area contributed by atoms with Crippen LogP contribution in [0.5, 0.6) is 0 Å². The Balaban J connectivity index is 1.89. The third-order valence-corrected chi connectivity index (χ3v) is 5.00. The number of nitrogens with one attached hydrogen (secondary N) is 1. The lowest BCUT2D eigenvalue weighted by molar-refractivity contribution is -0.120. The quantitative estimate of drug-likeness (QED) is 0.769. The Morgan fingerprint density at radius 2 is 1.77 bits per heavy atom. The molecule has 0 aliphatic rings. The fourth-order valence-corrected chi connectivity index (χ4v) is 3.40. The highest BCUT2D eigenvalue weighted by molar-refractivity contribution is 7.92. The molecule has 2 aromatic carbocycles. The summed E-state index contributed by atoms with van der Waals surface area (Å²) in [5.74, 6) is -0.123. The average molecular weight is 371 g/mol. The Morgan fingerprint density at radius 3 is 2.35 bits per heavy atom. The van der Waals surface area contributed by atoms with E-state index in [2.05, 4.69) is 5.32 Å². The maximum atomic E-state index is 12.0. The smallest absolute Gasteiger partial charge is 0.232 e. The van der Waals surface area contributed by atoms with E-state index in [0.29, 0.717) is 24.1 Å². The van der Waals surface area contributed by atoms with Gasteiger partial charge in [0.1, 0.15) is 0 Å². The van der Waals surface area contributed by atoms with E-state index in [1.54, 1.807) is 24.3 Å². The number of rotatable bonds is 8. The van der Waals surface area contributed by atoms with Gasteiger partial charge < -0.3 is 5.32 Å². The number of nitriles is 1. The number of aryl methyl sites for hydroxylation is 1. The molecule has 0 saturated carbocycles. The fraction of sp³-hybridized carbons (Fsp3) is 0.263. The summed E-state index contributed by atoms with van der Waals surface area (Å²) in [6.07, 6.45) is 2.10. The lowest BCUT2D eigenvalue weighted by Crippen LogP contribution is -2.38. The van der Waals surface area contributed by atoms with Crippen molar-refractivity contribution in [2.24, 2.45) is 0 Å². The van der Waals surface area contributed by atoms with E-state index < -0.39 is 10.0 Å². The lowest BCUT2D eigenvalue weighted by atomic mass is 10.1. The van der Waals surface area contributed by atoms with Crippen LogP contribution in [0.3, 0.4) is 0 Å². The van der Waals surface area contributed by atoms with Gasteiger partial charge in [0.25, 0.3) is 0 Å². The van der Waals surface area contributed by atoms with Gasteiger partial charge in [0, 0.05) is 13.0 Å². The molecule has 0 atom stereocenters. The molecule has 0 aliphatic carbocycles. The van der Waals surface area contributed by atoms with Crippen molar-refractivity contribution < 1.29 is 13.2 Å². The first-order chi connectivity index (χ1) is 12.4. The minimum absolute atomic E-state index is 0.123. The summed E-state index contributed by atoms with van der Waals surface area (Å²) in [6, 6.07) is 18.0. The number of carbonyl (C=O) groups is 1. The summed E-state index contributed by atoms with van der Waals surface area (Å²) in [4.78, 5) is 12.0. The Labute approximate surface area is 154 Å². The fourth-order valence-electron chi connectivity index (χ4n) is 2.48. The second kappa shape index (κ2) is 9.02. The third-order valence-electron chi connectivity index (χ3n) is 3.81. The zero-order chi connectivity index (χ0) is 19.0. The van der Waals surface area contributed by atoms with E-state index in [1.807, 2.05) is 36.4 Å². The molecule has 1 amide bonds. The Hall–Kier alpha value is -2.85. The highest BCUT2D eigenvalue weighted by Gasteiger charge is 2.17. The van der Waals surface area contributed by atoms with Gasteiger partial charge in [0.2, 0.25) is 15.9 Å². The Kier molecular flexibility index (Phi) is 6.75. The monoisotopic (exact) mass is 371 g/mol. The molecule has 7 heteroatoms. The van der Waals surface area contributed by atoms with Crippen LogP contribution in [-0.2, 0) is 21.2 Å². The van der Waals surface area contributed by atoms with Gasteiger partial charge >= 0.3 is 0 Å². The molecule has 0 saturated heterocycles. The highest BCUT2D eigenvalue weighted by atomic mass is 32.2. The molecule has 1 N–H and O–H groups in total. The number of nitrogens with zero attached hydrogens (tertiary/aromatic N) is 2. The van der Waals surface area contributed by atoms with Crippen molar-refractivity contribution in [3.05, 3.63) is 65.7 Å². The molecule has 136 valence electrons. The molecule has 0 aliphatic heterocycles. The minimum atomic E-state index is -3.49. The summed E-state index contributed by atoms with van der Waals surface area (Å²) < 4.78 is 25.3. The molecule has 0 aromatic heterocycles. The summed E-state index contributed by atoms with van der Waals surface area (Å²) in [5.41, 5.74) is 2.00. The largest absolute Gasteiger partial charge is 0.354 e. The van der Waals surface area contributed by atoms with Crippen molar-refractivity contribution in [2.45, 2.75) is 12.8 Å². The number of carbonyl (C=O) groups excluding carboxylic acids is 1. The van der Waals surface area contributed by atoms with Gasteiger partial charge in [-0.1, -0.05) is 30.3 Å². The summed E-state index contributed by atoms with van der Waals surface area (Å²) >= 11 is 0. The normalized spacial score (nSPS) is 10.8. The van der Waals surface area contributed by atoms with Crippen LogP contribution in [0.25, 0.3) is 0 Å². The van der Waals surface area contributed by atoms with Crippen molar-refractivity contribution >= 4 is 21.6 Å². The van der Waals surface area contributed by atoms with Crippen molar-refractivity contribution in [2.75, 3.05) is 23.7 Å². The minimum Gasteiger partial charge on any atom is -0.354 e. The van der Waals surface area contributed by atoms with Gasteiger partial charge in [-0.3, -0.25) is 9.10 Å². The van der Waals surface area contributed by atoms with Crippen LogP contribution in [0.1, 0.15) is 17.5 Å². The molecule has 0 fully saturated rings.